The van der Waals surface area contributed by atoms with Gasteiger partial charge in [-0.05, 0) is 25.1 Å². The Morgan fingerprint density at radius 1 is 1.50 bits per heavy atom. The number of amides is 1. The molecule has 1 aromatic rings. The van der Waals surface area contributed by atoms with Crippen LogP contribution < -0.4 is 5.32 Å². The maximum absolute atomic E-state index is 11.4. The molecule has 0 saturated carbocycles. The van der Waals surface area contributed by atoms with E-state index in [9.17, 15) is 9.59 Å². The third-order valence-electron chi connectivity index (χ3n) is 1.80. The summed E-state index contributed by atoms with van der Waals surface area (Å²) in [5.41, 5.74) is 0.748. The molecule has 0 radical (unpaired) electrons. The zero-order valence-corrected chi connectivity index (χ0v) is 11.4. The quantitative estimate of drug-likeness (QED) is 0.803. The summed E-state index contributed by atoms with van der Waals surface area (Å²) in [4.78, 5) is 22.1. The van der Waals surface area contributed by atoms with Crippen molar-refractivity contribution >= 4 is 17.8 Å². The average Bonchev–Trinajstić information content (AvgIpc) is 2.78. The van der Waals surface area contributed by atoms with Crippen molar-refractivity contribution in [2.75, 3.05) is 0 Å². The number of carbonyl (C=O) groups is 2. The number of hydrogen-bond donors (Lipinski definition) is 2. The Hall–Kier alpha value is -1.91. The number of nitrogens with one attached hydrogen (secondary N) is 2. The van der Waals surface area contributed by atoms with E-state index in [1.165, 1.54) is 19.4 Å². The van der Waals surface area contributed by atoms with Gasteiger partial charge in [-0.15, -0.1) is 0 Å². The third kappa shape index (κ3) is 7.38. The summed E-state index contributed by atoms with van der Waals surface area (Å²) in [6.45, 7) is 7.27. The van der Waals surface area contributed by atoms with Crippen molar-refractivity contribution in [2.24, 2.45) is 0 Å². The number of aromatic nitrogens is 2. The molecule has 0 aliphatic heterocycles. The van der Waals surface area contributed by atoms with E-state index >= 15 is 0 Å². The lowest BCUT2D eigenvalue weighted by molar-refractivity contribution is -0.124. The highest BCUT2D eigenvalue weighted by Gasteiger charge is 2.09. The van der Waals surface area contributed by atoms with Gasteiger partial charge in [0, 0.05) is 13.1 Å². The van der Waals surface area contributed by atoms with Crippen molar-refractivity contribution in [3.05, 3.63) is 24.0 Å². The van der Waals surface area contributed by atoms with Crippen LogP contribution in [0, 0.1) is 0 Å². The molecule has 1 heterocycles. The highest BCUT2D eigenvalue weighted by atomic mass is 16.2. The molecule has 0 unspecified atom stereocenters. The minimum absolute atomic E-state index is 0.153. The minimum atomic E-state index is -0.498. The maximum atomic E-state index is 11.4. The Morgan fingerprint density at radius 2 is 2.11 bits per heavy atom. The van der Waals surface area contributed by atoms with Crippen LogP contribution in [0.5, 0.6) is 0 Å². The van der Waals surface area contributed by atoms with Gasteiger partial charge in [0.2, 0.25) is 5.91 Å². The van der Waals surface area contributed by atoms with Crippen LogP contribution in [-0.4, -0.2) is 27.9 Å². The first kappa shape index (κ1) is 16.1. The molecular weight excluding hydrogens is 230 g/mol. The van der Waals surface area contributed by atoms with Crippen molar-refractivity contribution in [1.29, 1.82) is 0 Å². The van der Waals surface area contributed by atoms with E-state index in [-0.39, 0.29) is 11.7 Å². The van der Waals surface area contributed by atoms with E-state index in [1.54, 1.807) is 25.3 Å². The molecule has 0 bridgehead atoms. The average molecular weight is 251 g/mol. The lowest BCUT2D eigenvalue weighted by Crippen LogP contribution is -2.36. The molecule has 1 aromatic heterocycles. The molecule has 100 valence electrons. The number of ketones is 1. The Morgan fingerprint density at radius 3 is 2.56 bits per heavy atom. The Labute approximate surface area is 108 Å². The minimum Gasteiger partial charge on any atom is -0.346 e. The normalized spacial score (nSPS) is 11.6. The second-order valence-corrected chi connectivity index (χ2v) is 3.88. The molecule has 1 amide bonds. The van der Waals surface area contributed by atoms with E-state index in [4.69, 9.17) is 0 Å². The fourth-order valence-corrected chi connectivity index (χ4v) is 1.05. The molecule has 0 spiro atoms. The van der Waals surface area contributed by atoms with Crippen LogP contribution in [0.1, 0.15) is 39.8 Å². The fraction of sp³-hybridized carbons (Fsp3) is 0.462. The standard InChI is InChI=1S/C10H13N3O2.C3H8/c1-7(12-8(2)14)10(15)4-3-9-5-6-11-13-9;1-3-2/h3-7H,1-2H3,(H,11,13)(H,12,14);3H2,1-2H3/b4-3+;/t7-;/m0./s1. The van der Waals surface area contributed by atoms with Crippen LogP contribution in [0.15, 0.2) is 18.3 Å². The third-order valence-corrected chi connectivity index (χ3v) is 1.80. The molecule has 0 aliphatic rings. The number of carbonyl (C=O) groups excluding carboxylic acids is 2. The zero-order chi connectivity index (χ0) is 14.0. The molecule has 5 heteroatoms. The van der Waals surface area contributed by atoms with Gasteiger partial charge in [-0.1, -0.05) is 20.3 Å². The predicted octanol–water partition coefficient (Wildman–Crippen LogP) is 1.93. The molecule has 0 aliphatic carbocycles. The van der Waals surface area contributed by atoms with Gasteiger partial charge >= 0.3 is 0 Å². The SMILES string of the molecule is CC(=O)N[C@@H](C)C(=O)/C=C/c1ccn[nH]1.CCC. The van der Waals surface area contributed by atoms with Crippen LogP contribution >= 0.6 is 0 Å². The van der Waals surface area contributed by atoms with E-state index in [1.807, 2.05) is 0 Å². The summed E-state index contributed by atoms with van der Waals surface area (Å²) in [6, 6.07) is 1.24. The second kappa shape index (κ2) is 9.15. The van der Waals surface area contributed by atoms with Crippen molar-refractivity contribution in [2.45, 2.75) is 40.2 Å². The van der Waals surface area contributed by atoms with Crippen molar-refractivity contribution in [3.8, 4) is 0 Å². The van der Waals surface area contributed by atoms with E-state index in [0.717, 1.165) is 5.69 Å². The van der Waals surface area contributed by atoms with Gasteiger partial charge in [-0.2, -0.15) is 5.10 Å². The first-order chi connectivity index (χ1) is 8.51. The van der Waals surface area contributed by atoms with Crippen LogP contribution in [0.25, 0.3) is 6.08 Å². The number of aromatic amines is 1. The summed E-state index contributed by atoms with van der Waals surface area (Å²) in [6.07, 6.45) is 5.88. The maximum Gasteiger partial charge on any atom is 0.217 e. The molecule has 0 fully saturated rings. The van der Waals surface area contributed by atoms with Gasteiger partial charge in [0.05, 0.1) is 11.7 Å². The number of hydrogen-bond acceptors (Lipinski definition) is 3. The molecule has 1 rings (SSSR count). The van der Waals surface area contributed by atoms with E-state index < -0.39 is 6.04 Å². The van der Waals surface area contributed by atoms with Crippen molar-refractivity contribution in [1.82, 2.24) is 15.5 Å². The van der Waals surface area contributed by atoms with E-state index in [2.05, 4.69) is 29.4 Å². The first-order valence-electron chi connectivity index (χ1n) is 5.99. The lowest BCUT2D eigenvalue weighted by atomic mass is 10.2. The van der Waals surface area contributed by atoms with Crippen molar-refractivity contribution in [3.63, 3.8) is 0 Å². The lowest BCUT2D eigenvalue weighted by Gasteiger charge is -2.07. The van der Waals surface area contributed by atoms with Crippen LogP contribution in [0.3, 0.4) is 0 Å². The monoisotopic (exact) mass is 251 g/mol. The fourth-order valence-electron chi connectivity index (χ4n) is 1.05. The Kier molecular flexibility index (Phi) is 8.18. The number of nitrogens with zero attached hydrogens (tertiary/aromatic N) is 1. The predicted molar refractivity (Wildman–Crippen MR) is 71.9 cm³/mol. The largest absolute Gasteiger partial charge is 0.346 e. The summed E-state index contributed by atoms with van der Waals surface area (Å²) in [7, 11) is 0. The molecular formula is C13H21N3O2. The molecule has 1 atom stereocenters. The summed E-state index contributed by atoms with van der Waals surface area (Å²) in [5, 5.41) is 8.94. The van der Waals surface area contributed by atoms with Gasteiger partial charge in [-0.25, -0.2) is 0 Å². The molecule has 2 N–H and O–H groups in total. The Bertz CT molecular complexity index is 383. The molecule has 0 saturated heterocycles. The van der Waals surface area contributed by atoms with Crippen LogP contribution in [0.2, 0.25) is 0 Å². The molecule has 18 heavy (non-hydrogen) atoms. The molecule has 0 aromatic carbocycles. The number of H-pyrrole nitrogens is 1. The summed E-state index contributed by atoms with van der Waals surface area (Å²) in [5.74, 6) is -0.370. The van der Waals surface area contributed by atoms with Gasteiger partial charge in [0.25, 0.3) is 0 Å². The van der Waals surface area contributed by atoms with Crippen LogP contribution in [-0.2, 0) is 9.59 Å². The van der Waals surface area contributed by atoms with Crippen LogP contribution in [0.4, 0.5) is 0 Å². The van der Waals surface area contributed by atoms with E-state index in [0.29, 0.717) is 0 Å². The topological polar surface area (TPSA) is 74.8 Å². The highest BCUT2D eigenvalue weighted by Crippen LogP contribution is 1.96. The smallest absolute Gasteiger partial charge is 0.217 e. The highest BCUT2D eigenvalue weighted by molar-refractivity contribution is 5.98. The summed E-state index contributed by atoms with van der Waals surface area (Å²) < 4.78 is 0. The van der Waals surface area contributed by atoms with Crippen molar-refractivity contribution < 1.29 is 9.59 Å². The van der Waals surface area contributed by atoms with Gasteiger partial charge < -0.3 is 5.32 Å². The van der Waals surface area contributed by atoms with Gasteiger partial charge in [-0.3, -0.25) is 14.7 Å². The second-order valence-electron chi connectivity index (χ2n) is 3.88. The Balaban J connectivity index is 0.000000873. The zero-order valence-electron chi connectivity index (χ0n) is 11.4. The molecule has 5 nitrogen and oxygen atoms in total. The van der Waals surface area contributed by atoms with Gasteiger partial charge in [0.15, 0.2) is 5.78 Å². The number of rotatable bonds is 4. The first-order valence-corrected chi connectivity index (χ1v) is 5.99. The summed E-state index contributed by atoms with van der Waals surface area (Å²) >= 11 is 0. The van der Waals surface area contributed by atoms with Gasteiger partial charge in [0.1, 0.15) is 0 Å².